The number of aromatic nitrogens is 1. The van der Waals surface area contributed by atoms with E-state index in [-0.39, 0.29) is 3.92 Å². The minimum Gasteiger partial charge on any atom is -0.438 e. The average molecular weight is 353 g/mol. The summed E-state index contributed by atoms with van der Waals surface area (Å²) in [6, 6.07) is 10.0. The van der Waals surface area contributed by atoms with Crippen LogP contribution in [0.4, 0.5) is 0 Å². The monoisotopic (exact) mass is 353 g/mol. The van der Waals surface area contributed by atoms with Crippen LogP contribution in [-0.2, 0) is 9.49 Å². The molecular weight excluding hydrogens is 341 g/mol. The number of nitrogens with zero attached hydrogens (tertiary/aromatic N) is 1. The third kappa shape index (κ3) is 2.05. The van der Waals surface area contributed by atoms with Crippen molar-refractivity contribution in [2.24, 2.45) is 0 Å². The van der Waals surface area contributed by atoms with Crippen molar-refractivity contribution in [3.63, 3.8) is 0 Å². The second-order valence-corrected chi connectivity index (χ2v) is 6.70. The Kier molecular flexibility index (Phi) is 3.11. The molecule has 0 saturated carbocycles. The van der Waals surface area contributed by atoms with Gasteiger partial charge >= 0.3 is 0 Å². The Balaban J connectivity index is 2.01. The van der Waals surface area contributed by atoms with Crippen LogP contribution >= 0.6 is 21.2 Å². The van der Waals surface area contributed by atoms with Gasteiger partial charge in [0.05, 0.1) is 3.92 Å². The number of ether oxygens (including phenoxy) is 1. The average Bonchev–Trinajstić information content (AvgIpc) is 2.43. The molecule has 1 aliphatic rings. The zero-order chi connectivity index (χ0) is 12.5. The summed E-state index contributed by atoms with van der Waals surface area (Å²) in [6.07, 6.45) is 2.57. The Hall–Kier alpha value is -1.30. The van der Waals surface area contributed by atoms with E-state index >= 15 is 0 Å². The summed E-state index contributed by atoms with van der Waals surface area (Å²) in [5.41, 5.74) is 3.39. The van der Waals surface area contributed by atoms with Crippen molar-refractivity contribution in [3.8, 4) is 11.6 Å². The molecule has 3 nitrogen and oxygen atoms in total. The Morgan fingerprint density at radius 3 is 3.06 bits per heavy atom. The molecule has 0 radical (unpaired) electrons. The molecule has 0 saturated heterocycles. The number of hydrogen-bond donors (Lipinski definition) is 0. The highest BCUT2D eigenvalue weighted by Gasteiger charge is 2.18. The van der Waals surface area contributed by atoms with Gasteiger partial charge in [-0.3, -0.25) is 3.07 Å². The fraction of sp³-hybridized carbons (Fsp3) is 0.214. The molecule has 18 heavy (non-hydrogen) atoms. The molecule has 92 valence electrons. The molecule has 0 amide bonds. The van der Waals surface area contributed by atoms with Crippen LogP contribution < -0.4 is 4.74 Å². The molecule has 4 heteroatoms. The first-order chi connectivity index (χ1) is 8.78. The maximum Gasteiger partial charge on any atom is 0.222 e. The van der Waals surface area contributed by atoms with Crippen LogP contribution in [0.25, 0.3) is 0 Å². The van der Waals surface area contributed by atoms with Gasteiger partial charge in [0.1, 0.15) is 5.75 Å². The fourth-order valence-corrected chi connectivity index (χ4v) is 2.78. The van der Waals surface area contributed by atoms with Crippen LogP contribution in [0, 0.1) is 0 Å². The van der Waals surface area contributed by atoms with Crippen LogP contribution in [0.2, 0.25) is 0 Å². The Morgan fingerprint density at radius 2 is 2.22 bits per heavy atom. The van der Waals surface area contributed by atoms with E-state index in [1.807, 2.05) is 31.2 Å². The molecule has 1 aromatic carbocycles. The van der Waals surface area contributed by atoms with Crippen molar-refractivity contribution in [3.05, 3.63) is 53.2 Å². The van der Waals surface area contributed by atoms with Crippen molar-refractivity contribution in [2.75, 3.05) is 0 Å². The summed E-state index contributed by atoms with van der Waals surface area (Å²) in [7, 11) is 0. The molecule has 1 aromatic heterocycles. The molecule has 0 fully saturated rings. The zero-order valence-corrected chi connectivity index (χ0v) is 12.0. The second-order valence-electron chi connectivity index (χ2n) is 4.32. The summed E-state index contributed by atoms with van der Waals surface area (Å²) < 4.78 is 17.0. The topological polar surface area (TPSA) is 39.2 Å². The fourth-order valence-electron chi connectivity index (χ4n) is 2.10. The summed E-state index contributed by atoms with van der Waals surface area (Å²) >= 11 is -1.00. The normalized spacial score (nSPS) is 14.3. The lowest BCUT2D eigenvalue weighted by Gasteiger charge is -2.19. The largest absolute Gasteiger partial charge is 0.438 e. The summed E-state index contributed by atoms with van der Waals surface area (Å²) in [4.78, 5) is 4.23. The third-order valence-corrected chi connectivity index (χ3v) is 4.60. The zero-order valence-electron chi connectivity index (χ0n) is 9.89. The van der Waals surface area contributed by atoms with Crippen molar-refractivity contribution in [1.82, 2.24) is 4.98 Å². The predicted octanol–water partition coefficient (Wildman–Crippen LogP) is 4.16. The van der Waals surface area contributed by atoms with Gasteiger partial charge in [0, 0.05) is 18.2 Å². The molecule has 2 aromatic rings. The first-order valence-electron chi connectivity index (χ1n) is 5.78. The quantitative estimate of drug-likeness (QED) is 0.513. The molecular formula is C14H12INO2. The number of benzene rings is 1. The van der Waals surface area contributed by atoms with Gasteiger partial charge in [0.2, 0.25) is 5.88 Å². The number of pyridine rings is 1. The number of fused-ring (bicyclic) bond motifs is 2. The Morgan fingerprint density at radius 1 is 1.33 bits per heavy atom. The maximum atomic E-state index is 11.1. The van der Waals surface area contributed by atoms with E-state index < -0.39 is 21.2 Å². The van der Waals surface area contributed by atoms with Crippen LogP contribution in [0.15, 0.2) is 36.5 Å². The van der Waals surface area contributed by atoms with Gasteiger partial charge in [-0.2, -0.15) is 0 Å². The van der Waals surface area contributed by atoms with E-state index in [0.717, 1.165) is 28.9 Å². The number of alkyl halides is 1. The van der Waals surface area contributed by atoms with Gasteiger partial charge in [0.25, 0.3) is 0 Å². The first-order valence-corrected chi connectivity index (χ1v) is 7.91. The summed E-state index contributed by atoms with van der Waals surface area (Å²) in [5, 5.41) is 0. The summed E-state index contributed by atoms with van der Waals surface area (Å²) in [5.74, 6) is 1.56. The van der Waals surface area contributed by atoms with E-state index in [2.05, 4.69) is 11.1 Å². The lowest BCUT2D eigenvalue weighted by atomic mass is 9.99. The Bertz CT molecular complexity index is 612. The number of hydrogen-bond acceptors (Lipinski definition) is 3. The molecule has 1 atom stereocenters. The molecule has 0 N–H and O–H groups in total. The maximum absolute atomic E-state index is 11.1. The molecule has 0 aliphatic carbocycles. The minimum absolute atomic E-state index is 0.157. The minimum atomic E-state index is -1.00. The van der Waals surface area contributed by atoms with Gasteiger partial charge in [-0.1, -0.05) is 18.2 Å². The van der Waals surface area contributed by atoms with E-state index in [0.29, 0.717) is 5.88 Å². The van der Waals surface area contributed by atoms with Crippen molar-refractivity contribution in [2.45, 2.75) is 17.3 Å². The van der Waals surface area contributed by atoms with E-state index in [1.165, 1.54) is 0 Å². The van der Waals surface area contributed by atoms with E-state index in [9.17, 15) is 3.07 Å². The van der Waals surface area contributed by atoms with Crippen LogP contribution in [0.3, 0.4) is 0 Å². The summed E-state index contributed by atoms with van der Waals surface area (Å²) in [6.45, 7) is 2.00. The molecule has 1 aliphatic heterocycles. The predicted molar refractivity (Wildman–Crippen MR) is 76.7 cm³/mol. The molecule has 0 bridgehead atoms. The van der Waals surface area contributed by atoms with Crippen molar-refractivity contribution >= 4 is 21.2 Å². The molecule has 3 rings (SSSR count). The van der Waals surface area contributed by atoms with Gasteiger partial charge in [0.15, 0.2) is 21.2 Å². The first kappa shape index (κ1) is 11.8. The van der Waals surface area contributed by atoms with Crippen molar-refractivity contribution in [1.29, 1.82) is 0 Å². The molecule has 2 heterocycles. The van der Waals surface area contributed by atoms with Gasteiger partial charge in [-0.25, -0.2) is 4.98 Å². The lowest BCUT2D eigenvalue weighted by molar-refractivity contribution is 0.440. The van der Waals surface area contributed by atoms with Gasteiger partial charge in [-0.05, 0) is 30.2 Å². The second kappa shape index (κ2) is 4.76. The van der Waals surface area contributed by atoms with Gasteiger partial charge < -0.3 is 4.74 Å². The molecule has 0 spiro atoms. The van der Waals surface area contributed by atoms with Crippen molar-refractivity contribution < 1.29 is 7.81 Å². The van der Waals surface area contributed by atoms with Gasteiger partial charge in [-0.15, -0.1) is 0 Å². The third-order valence-electron chi connectivity index (χ3n) is 3.11. The highest BCUT2D eigenvalue weighted by Crippen LogP contribution is 2.37. The Labute approximate surface area is 116 Å². The highest BCUT2D eigenvalue weighted by atomic mass is 127. The van der Waals surface area contributed by atoms with Crippen LogP contribution in [0.5, 0.6) is 11.6 Å². The standard InChI is InChI=1S/C14H12INO2/c1-9(15-17)10-4-5-13-12(7-10)8-11-3-2-6-16-14(11)18-13/h2-7,9H,8H2,1H3. The van der Waals surface area contributed by atoms with E-state index in [4.69, 9.17) is 4.74 Å². The smallest absolute Gasteiger partial charge is 0.222 e. The lowest BCUT2D eigenvalue weighted by Crippen LogP contribution is -2.05. The number of rotatable bonds is 2. The highest BCUT2D eigenvalue weighted by molar-refractivity contribution is 14.1. The van der Waals surface area contributed by atoms with E-state index in [1.54, 1.807) is 6.20 Å². The number of halogens is 1. The van der Waals surface area contributed by atoms with Crippen LogP contribution in [0.1, 0.15) is 27.5 Å². The molecule has 1 unspecified atom stereocenters. The van der Waals surface area contributed by atoms with Crippen LogP contribution in [-0.4, -0.2) is 4.98 Å². The SMILES string of the molecule is CC(I=O)c1ccc2c(c1)Cc1cccnc1O2.